The van der Waals surface area contributed by atoms with Crippen LogP contribution >= 0.6 is 12.2 Å². The van der Waals surface area contributed by atoms with E-state index in [4.69, 9.17) is 12.2 Å². The Morgan fingerprint density at radius 3 is 2.48 bits per heavy atom. The Kier molecular flexibility index (Phi) is 5.13. The van der Waals surface area contributed by atoms with Gasteiger partial charge in [0.05, 0.1) is 5.69 Å². The highest BCUT2D eigenvalue weighted by atomic mass is 32.1. The Balaban J connectivity index is 1.74. The van der Waals surface area contributed by atoms with Gasteiger partial charge in [0.25, 0.3) is 11.8 Å². The number of hydrogen-bond acceptors (Lipinski definition) is 3. The molecule has 0 radical (unpaired) electrons. The number of aromatic nitrogens is 1. The second-order valence-electron chi connectivity index (χ2n) is 7.88. The zero-order chi connectivity index (χ0) is 20.7. The number of thiocarbonyl (C=S) groups is 1. The zero-order valence-electron chi connectivity index (χ0n) is 17.0. The summed E-state index contributed by atoms with van der Waals surface area (Å²) in [6.07, 6.45) is 6.57. The molecule has 5 nitrogen and oxygen atoms in total. The van der Waals surface area contributed by atoms with Crippen molar-refractivity contribution in [2.24, 2.45) is 0 Å². The van der Waals surface area contributed by atoms with Gasteiger partial charge in [-0.2, -0.15) is 0 Å². The Morgan fingerprint density at radius 1 is 1.10 bits per heavy atom. The standard InChI is InChI=1S/C23H25N3O2S/c1-14-8-4-7-11-20(14)26-22(28)19(21(27)24-23(26)29)13-17-12-15(2)25(16(17)3)18-9-5-6-10-18/h4,7-8,11-13,18H,5-6,9-10H2,1-3H3,(H,24,27,29)/b19-13-. The number of hydrogen-bond donors (Lipinski definition) is 1. The summed E-state index contributed by atoms with van der Waals surface area (Å²) in [6, 6.07) is 10.1. The quantitative estimate of drug-likeness (QED) is 0.467. The first-order chi connectivity index (χ1) is 13.9. The number of aryl methyl sites for hydroxylation is 2. The third kappa shape index (κ3) is 3.42. The van der Waals surface area contributed by atoms with E-state index in [0.29, 0.717) is 11.7 Å². The number of benzene rings is 1. The topological polar surface area (TPSA) is 54.3 Å². The van der Waals surface area contributed by atoms with Gasteiger partial charge < -0.3 is 4.57 Å². The summed E-state index contributed by atoms with van der Waals surface area (Å²) in [5.74, 6) is -0.839. The molecule has 0 unspecified atom stereocenters. The minimum absolute atomic E-state index is 0.105. The molecule has 2 heterocycles. The minimum atomic E-state index is -0.449. The van der Waals surface area contributed by atoms with Crippen molar-refractivity contribution in [2.75, 3.05) is 4.90 Å². The fraction of sp³-hybridized carbons (Fsp3) is 0.348. The van der Waals surface area contributed by atoms with Gasteiger partial charge in [-0.25, -0.2) is 0 Å². The monoisotopic (exact) mass is 407 g/mol. The maximum Gasteiger partial charge on any atom is 0.270 e. The van der Waals surface area contributed by atoms with Crippen molar-refractivity contribution in [3.63, 3.8) is 0 Å². The number of nitrogens with one attached hydrogen (secondary N) is 1. The lowest BCUT2D eigenvalue weighted by molar-refractivity contribution is -0.122. The molecule has 150 valence electrons. The van der Waals surface area contributed by atoms with Crippen LogP contribution in [0.4, 0.5) is 5.69 Å². The van der Waals surface area contributed by atoms with Crippen LogP contribution in [0.5, 0.6) is 0 Å². The summed E-state index contributed by atoms with van der Waals surface area (Å²) < 4.78 is 2.36. The molecule has 4 rings (SSSR count). The number of carbonyl (C=O) groups is 2. The van der Waals surface area contributed by atoms with E-state index in [9.17, 15) is 9.59 Å². The van der Waals surface area contributed by atoms with E-state index < -0.39 is 11.8 Å². The third-order valence-corrected chi connectivity index (χ3v) is 6.26. The molecule has 29 heavy (non-hydrogen) atoms. The summed E-state index contributed by atoms with van der Waals surface area (Å²) in [6.45, 7) is 6.07. The van der Waals surface area contributed by atoms with Crippen molar-refractivity contribution in [3.05, 3.63) is 58.4 Å². The third-order valence-electron chi connectivity index (χ3n) is 5.97. The number of para-hydroxylation sites is 1. The minimum Gasteiger partial charge on any atom is -0.346 e. The van der Waals surface area contributed by atoms with Crippen LogP contribution in [-0.2, 0) is 9.59 Å². The van der Waals surface area contributed by atoms with Crippen molar-refractivity contribution >= 4 is 40.9 Å². The van der Waals surface area contributed by atoms with Gasteiger partial charge in [0.15, 0.2) is 5.11 Å². The van der Waals surface area contributed by atoms with Crippen LogP contribution in [0.3, 0.4) is 0 Å². The highest BCUT2D eigenvalue weighted by Gasteiger charge is 2.35. The van der Waals surface area contributed by atoms with E-state index in [1.54, 1.807) is 6.08 Å². The van der Waals surface area contributed by atoms with Crippen LogP contribution < -0.4 is 10.2 Å². The van der Waals surface area contributed by atoms with Crippen LogP contribution in [0, 0.1) is 20.8 Å². The number of carbonyl (C=O) groups excluding carboxylic acids is 2. The molecule has 2 fully saturated rings. The molecule has 2 aromatic rings. The molecule has 1 aromatic carbocycles. The second-order valence-corrected chi connectivity index (χ2v) is 8.27. The highest BCUT2D eigenvalue weighted by Crippen LogP contribution is 2.34. The predicted octanol–water partition coefficient (Wildman–Crippen LogP) is 4.36. The van der Waals surface area contributed by atoms with Gasteiger partial charge in [-0.3, -0.25) is 19.8 Å². The Bertz CT molecular complexity index is 1040. The summed E-state index contributed by atoms with van der Waals surface area (Å²) >= 11 is 5.31. The van der Waals surface area contributed by atoms with Crippen molar-refractivity contribution in [1.82, 2.24) is 9.88 Å². The Labute approximate surface area is 176 Å². The average Bonchev–Trinajstić information content (AvgIpc) is 3.28. The fourth-order valence-corrected chi connectivity index (χ4v) is 4.79. The van der Waals surface area contributed by atoms with Gasteiger partial charge >= 0.3 is 0 Å². The molecule has 6 heteroatoms. The fourth-order valence-electron chi connectivity index (χ4n) is 4.52. The van der Waals surface area contributed by atoms with Gasteiger partial charge in [-0.05, 0) is 75.2 Å². The molecular formula is C23H25N3O2S. The van der Waals surface area contributed by atoms with E-state index in [1.165, 1.54) is 30.6 Å². The molecule has 0 spiro atoms. The lowest BCUT2D eigenvalue weighted by Gasteiger charge is -2.30. The van der Waals surface area contributed by atoms with Crippen molar-refractivity contribution < 1.29 is 9.59 Å². The van der Waals surface area contributed by atoms with Crippen LogP contribution in [0.25, 0.3) is 6.08 Å². The first kappa shape index (κ1) is 19.6. The SMILES string of the molecule is Cc1ccccc1N1C(=O)/C(=C\c2cc(C)n(C3CCCC3)c2C)C(=O)NC1=S. The Morgan fingerprint density at radius 2 is 1.79 bits per heavy atom. The van der Waals surface area contributed by atoms with Crippen LogP contribution in [-0.4, -0.2) is 21.5 Å². The number of anilines is 1. The smallest absolute Gasteiger partial charge is 0.270 e. The molecule has 1 aromatic heterocycles. The van der Waals surface area contributed by atoms with E-state index in [0.717, 1.165) is 22.5 Å². The van der Waals surface area contributed by atoms with E-state index in [2.05, 4.69) is 29.8 Å². The number of amides is 2. The number of nitrogens with zero attached hydrogens (tertiary/aromatic N) is 2. The van der Waals surface area contributed by atoms with Crippen LogP contribution in [0.15, 0.2) is 35.9 Å². The number of rotatable bonds is 3. The van der Waals surface area contributed by atoms with Gasteiger partial charge in [0, 0.05) is 17.4 Å². The lowest BCUT2D eigenvalue weighted by Crippen LogP contribution is -2.54. The van der Waals surface area contributed by atoms with E-state index in [1.807, 2.05) is 31.2 Å². The maximum atomic E-state index is 13.3. The lowest BCUT2D eigenvalue weighted by atomic mass is 10.1. The maximum absolute atomic E-state index is 13.3. The van der Waals surface area contributed by atoms with Crippen LogP contribution in [0.2, 0.25) is 0 Å². The molecule has 1 aliphatic heterocycles. The molecule has 0 bridgehead atoms. The highest BCUT2D eigenvalue weighted by molar-refractivity contribution is 7.80. The van der Waals surface area contributed by atoms with E-state index in [-0.39, 0.29) is 10.7 Å². The van der Waals surface area contributed by atoms with E-state index >= 15 is 0 Å². The molecule has 0 atom stereocenters. The van der Waals surface area contributed by atoms with Crippen molar-refractivity contribution in [2.45, 2.75) is 52.5 Å². The molecule has 1 aliphatic carbocycles. The molecule has 1 saturated heterocycles. The summed E-state index contributed by atoms with van der Waals surface area (Å²) in [7, 11) is 0. The van der Waals surface area contributed by atoms with Gasteiger partial charge in [-0.1, -0.05) is 31.0 Å². The summed E-state index contributed by atoms with van der Waals surface area (Å²) in [5.41, 5.74) is 4.87. The largest absolute Gasteiger partial charge is 0.346 e. The molecule has 2 aliphatic rings. The average molecular weight is 408 g/mol. The summed E-state index contributed by atoms with van der Waals surface area (Å²) in [5, 5.41) is 2.79. The molecule has 1 saturated carbocycles. The van der Waals surface area contributed by atoms with Crippen molar-refractivity contribution in [1.29, 1.82) is 0 Å². The first-order valence-electron chi connectivity index (χ1n) is 10.0. The molecular weight excluding hydrogens is 382 g/mol. The first-order valence-corrected chi connectivity index (χ1v) is 10.4. The zero-order valence-corrected chi connectivity index (χ0v) is 17.8. The molecule has 2 amide bonds. The summed E-state index contributed by atoms with van der Waals surface area (Å²) in [4.78, 5) is 27.3. The van der Waals surface area contributed by atoms with Gasteiger partial charge in [-0.15, -0.1) is 0 Å². The normalized spacial score (nSPS) is 19.3. The predicted molar refractivity (Wildman–Crippen MR) is 119 cm³/mol. The van der Waals surface area contributed by atoms with Gasteiger partial charge in [0.2, 0.25) is 0 Å². The Hall–Kier alpha value is -2.73. The van der Waals surface area contributed by atoms with Crippen molar-refractivity contribution in [3.8, 4) is 0 Å². The van der Waals surface area contributed by atoms with Crippen LogP contribution in [0.1, 0.15) is 54.2 Å². The second kappa shape index (κ2) is 7.59. The van der Waals surface area contributed by atoms with Gasteiger partial charge in [0.1, 0.15) is 5.57 Å². The molecule has 1 N–H and O–H groups in total.